The van der Waals surface area contributed by atoms with Gasteiger partial charge in [0.25, 0.3) is 0 Å². The zero-order valence-corrected chi connectivity index (χ0v) is 20.9. The Labute approximate surface area is 199 Å². The van der Waals surface area contributed by atoms with Crippen LogP contribution in [0, 0.1) is 0 Å². The van der Waals surface area contributed by atoms with Crippen LogP contribution in [0.5, 0.6) is 23.0 Å². The van der Waals surface area contributed by atoms with E-state index < -0.39 is 0 Å². The van der Waals surface area contributed by atoms with Gasteiger partial charge in [-0.2, -0.15) is 0 Å². The molecule has 0 bridgehead atoms. The first-order chi connectivity index (χ1) is 16.1. The number of unbranched alkanes of at least 4 members (excludes halogenated alkanes) is 4. The third-order valence-electron chi connectivity index (χ3n) is 6.16. The van der Waals surface area contributed by atoms with E-state index in [2.05, 4.69) is 32.1 Å². The maximum Gasteiger partial charge on any atom is 0.133 e. The van der Waals surface area contributed by atoms with Crippen LogP contribution in [-0.2, 0) is 17.7 Å². The van der Waals surface area contributed by atoms with Crippen LogP contribution in [0.2, 0.25) is 0 Å². The van der Waals surface area contributed by atoms with E-state index in [4.69, 9.17) is 19.0 Å². The number of aryl methyl sites for hydroxylation is 1. The molecule has 0 N–H and O–H groups in total. The van der Waals surface area contributed by atoms with Crippen molar-refractivity contribution >= 4 is 5.69 Å². The standard InChI is InChI=1S/C28H39NO4/c1-6-8-10-12-21-18-23(30-3)15-17-27(21)33-24-19-26-25(28(20-24)31-4)16-14-22(29(26)32-5)13-11-9-7-2/h14-15,17-20H,6-13,16H2,1-5H3. The van der Waals surface area contributed by atoms with Crippen molar-refractivity contribution in [1.29, 1.82) is 0 Å². The molecule has 0 atom stereocenters. The Kier molecular flexibility index (Phi) is 9.49. The van der Waals surface area contributed by atoms with Crippen LogP contribution in [-0.4, -0.2) is 21.3 Å². The van der Waals surface area contributed by atoms with Crippen LogP contribution < -0.4 is 19.3 Å². The lowest BCUT2D eigenvalue weighted by atomic mass is 10.00. The summed E-state index contributed by atoms with van der Waals surface area (Å²) in [7, 11) is 5.13. The van der Waals surface area contributed by atoms with Gasteiger partial charge in [0.05, 0.1) is 27.0 Å². The lowest BCUT2D eigenvalue weighted by Gasteiger charge is -2.31. The van der Waals surface area contributed by atoms with Crippen molar-refractivity contribution in [2.75, 3.05) is 26.4 Å². The Hall–Kier alpha value is -2.66. The van der Waals surface area contributed by atoms with Gasteiger partial charge >= 0.3 is 0 Å². The summed E-state index contributed by atoms with van der Waals surface area (Å²) in [5.74, 6) is 3.26. The Morgan fingerprint density at radius 3 is 2.21 bits per heavy atom. The molecular formula is C28H39NO4. The molecule has 0 unspecified atom stereocenters. The van der Waals surface area contributed by atoms with Gasteiger partial charge in [-0.15, -0.1) is 0 Å². The summed E-state index contributed by atoms with van der Waals surface area (Å²) in [4.78, 5) is 5.82. The molecule has 5 nitrogen and oxygen atoms in total. The van der Waals surface area contributed by atoms with E-state index in [0.717, 1.165) is 71.9 Å². The first kappa shape index (κ1) is 25.0. The third kappa shape index (κ3) is 6.23. The fourth-order valence-electron chi connectivity index (χ4n) is 4.34. The van der Waals surface area contributed by atoms with Gasteiger partial charge in [0.1, 0.15) is 23.0 Å². The number of anilines is 1. The summed E-state index contributed by atoms with van der Waals surface area (Å²) in [6.07, 6.45) is 12.1. The monoisotopic (exact) mass is 453 g/mol. The molecule has 0 aromatic heterocycles. The second-order valence-electron chi connectivity index (χ2n) is 8.49. The number of rotatable bonds is 13. The summed E-state index contributed by atoms with van der Waals surface area (Å²) in [6, 6.07) is 10.1. The minimum atomic E-state index is 0.740. The first-order valence-electron chi connectivity index (χ1n) is 12.2. The van der Waals surface area contributed by atoms with Crippen LogP contribution in [0.3, 0.4) is 0 Å². The number of hydroxylamine groups is 1. The van der Waals surface area contributed by atoms with Gasteiger partial charge in [0.2, 0.25) is 0 Å². The Morgan fingerprint density at radius 2 is 1.55 bits per heavy atom. The molecule has 0 spiro atoms. The number of nitrogens with zero attached hydrogens (tertiary/aromatic N) is 1. The van der Waals surface area contributed by atoms with Crippen molar-refractivity contribution in [3.05, 3.63) is 53.2 Å². The fraction of sp³-hybridized carbons (Fsp3) is 0.500. The topological polar surface area (TPSA) is 40.2 Å². The molecule has 1 aliphatic heterocycles. The number of hydrogen-bond acceptors (Lipinski definition) is 5. The van der Waals surface area contributed by atoms with Crippen molar-refractivity contribution in [3.8, 4) is 23.0 Å². The van der Waals surface area contributed by atoms with Gasteiger partial charge in [-0.25, -0.2) is 5.06 Å². The molecule has 0 amide bonds. The Bertz CT molecular complexity index is 938. The Balaban J connectivity index is 1.91. The normalized spacial score (nSPS) is 12.9. The number of hydrogen-bond donors (Lipinski definition) is 0. The van der Waals surface area contributed by atoms with Gasteiger partial charge in [-0.05, 0) is 55.9 Å². The van der Waals surface area contributed by atoms with E-state index in [-0.39, 0.29) is 0 Å². The second-order valence-corrected chi connectivity index (χ2v) is 8.49. The van der Waals surface area contributed by atoms with Crippen molar-refractivity contribution in [3.63, 3.8) is 0 Å². The molecule has 1 aliphatic rings. The van der Waals surface area contributed by atoms with Crippen LogP contribution in [0.25, 0.3) is 0 Å². The number of fused-ring (bicyclic) bond motifs is 1. The maximum atomic E-state index is 6.44. The third-order valence-corrected chi connectivity index (χ3v) is 6.16. The largest absolute Gasteiger partial charge is 0.497 e. The molecule has 2 aromatic rings. The average Bonchev–Trinajstić information content (AvgIpc) is 2.84. The molecule has 0 fully saturated rings. The average molecular weight is 454 g/mol. The van der Waals surface area contributed by atoms with E-state index >= 15 is 0 Å². The maximum absolute atomic E-state index is 6.44. The SMILES string of the molecule is CCCCCC1=CCc2c(OC)cc(Oc3ccc(OC)cc3CCCCC)cc2N1OC. The summed E-state index contributed by atoms with van der Waals surface area (Å²) >= 11 is 0. The lowest BCUT2D eigenvalue weighted by Crippen LogP contribution is -2.25. The van der Waals surface area contributed by atoms with Gasteiger partial charge in [0, 0.05) is 23.4 Å². The van der Waals surface area contributed by atoms with E-state index in [1.165, 1.54) is 31.4 Å². The molecule has 1 heterocycles. The van der Waals surface area contributed by atoms with Crippen molar-refractivity contribution < 1.29 is 19.0 Å². The van der Waals surface area contributed by atoms with Crippen LogP contribution in [0.1, 0.15) is 69.9 Å². The zero-order valence-electron chi connectivity index (χ0n) is 20.9. The molecule has 180 valence electrons. The molecule has 0 aliphatic carbocycles. The predicted octanol–water partition coefficient (Wildman–Crippen LogP) is 7.62. The summed E-state index contributed by atoms with van der Waals surface area (Å²) in [6.45, 7) is 4.44. The van der Waals surface area contributed by atoms with Gasteiger partial charge in [0.15, 0.2) is 0 Å². The molecule has 0 radical (unpaired) electrons. The van der Waals surface area contributed by atoms with E-state index in [9.17, 15) is 0 Å². The molecule has 3 rings (SSSR count). The number of methoxy groups -OCH3 is 2. The van der Waals surface area contributed by atoms with Crippen LogP contribution in [0.4, 0.5) is 5.69 Å². The first-order valence-corrected chi connectivity index (χ1v) is 12.2. The zero-order chi connectivity index (χ0) is 23.6. The highest BCUT2D eigenvalue weighted by Gasteiger charge is 2.24. The summed E-state index contributed by atoms with van der Waals surface area (Å²) in [5, 5.41) is 1.93. The molecule has 2 aromatic carbocycles. The van der Waals surface area contributed by atoms with E-state index in [1.807, 2.05) is 23.3 Å². The second kappa shape index (κ2) is 12.5. The quantitative estimate of drug-likeness (QED) is 0.292. The minimum Gasteiger partial charge on any atom is -0.497 e. The van der Waals surface area contributed by atoms with Crippen LogP contribution >= 0.6 is 0 Å². The number of ether oxygens (including phenoxy) is 3. The smallest absolute Gasteiger partial charge is 0.133 e. The van der Waals surface area contributed by atoms with Gasteiger partial charge in [-0.3, -0.25) is 4.84 Å². The fourth-order valence-corrected chi connectivity index (χ4v) is 4.34. The van der Waals surface area contributed by atoms with Crippen molar-refractivity contribution in [2.45, 2.75) is 71.6 Å². The Morgan fingerprint density at radius 1 is 0.788 bits per heavy atom. The highest BCUT2D eigenvalue weighted by molar-refractivity contribution is 5.67. The predicted molar refractivity (Wildman–Crippen MR) is 135 cm³/mol. The highest BCUT2D eigenvalue weighted by atomic mass is 16.7. The number of benzene rings is 2. The summed E-state index contributed by atoms with van der Waals surface area (Å²) in [5.41, 5.74) is 4.45. The molecule has 0 saturated carbocycles. The lowest BCUT2D eigenvalue weighted by molar-refractivity contribution is 0.183. The van der Waals surface area contributed by atoms with Crippen molar-refractivity contribution in [1.82, 2.24) is 0 Å². The van der Waals surface area contributed by atoms with E-state index in [0.29, 0.717) is 0 Å². The van der Waals surface area contributed by atoms with Crippen LogP contribution in [0.15, 0.2) is 42.1 Å². The van der Waals surface area contributed by atoms with Gasteiger partial charge in [-0.1, -0.05) is 45.6 Å². The molecular weight excluding hydrogens is 414 g/mol. The van der Waals surface area contributed by atoms with Crippen molar-refractivity contribution in [2.24, 2.45) is 0 Å². The molecule has 5 heteroatoms. The minimum absolute atomic E-state index is 0.740. The van der Waals surface area contributed by atoms with Gasteiger partial charge < -0.3 is 14.2 Å². The molecule has 0 saturated heterocycles. The number of allylic oxidation sites excluding steroid dienone is 2. The molecule has 33 heavy (non-hydrogen) atoms. The summed E-state index contributed by atoms with van der Waals surface area (Å²) < 4.78 is 17.6. The highest BCUT2D eigenvalue weighted by Crippen LogP contribution is 2.42. The van der Waals surface area contributed by atoms with E-state index in [1.54, 1.807) is 21.3 Å².